The summed E-state index contributed by atoms with van der Waals surface area (Å²) >= 11 is 0. The highest BCUT2D eigenvalue weighted by atomic mass is 19.4. The molecule has 1 aliphatic rings. The lowest BCUT2D eigenvalue weighted by Crippen LogP contribution is -2.16. The molecule has 0 N–H and O–H groups in total. The minimum absolute atomic E-state index is 0.273. The van der Waals surface area contributed by atoms with E-state index in [9.17, 15) is 18.0 Å². The summed E-state index contributed by atoms with van der Waals surface area (Å²) in [6, 6.07) is 5.49. The molecule has 1 aromatic carbocycles. The van der Waals surface area contributed by atoms with Gasteiger partial charge in [-0.15, -0.1) is 0 Å². The highest BCUT2D eigenvalue weighted by molar-refractivity contribution is 5.79. The van der Waals surface area contributed by atoms with Crippen molar-refractivity contribution in [3.8, 4) is 0 Å². The molecule has 18 heavy (non-hydrogen) atoms. The highest BCUT2D eigenvalue weighted by Crippen LogP contribution is 2.31. The average molecular weight is 256 g/mol. The van der Waals surface area contributed by atoms with E-state index >= 15 is 0 Å². The second-order valence-electron chi connectivity index (χ2n) is 4.88. The molecule has 0 spiro atoms. The Labute approximate surface area is 104 Å². The van der Waals surface area contributed by atoms with Crippen LogP contribution in [-0.4, -0.2) is 5.78 Å². The number of rotatable bonds is 2. The van der Waals surface area contributed by atoms with Crippen molar-refractivity contribution in [1.29, 1.82) is 0 Å². The molecule has 0 saturated heterocycles. The monoisotopic (exact) mass is 256 g/mol. The average Bonchev–Trinajstić information content (AvgIpc) is 2.31. The van der Waals surface area contributed by atoms with Crippen molar-refractivity contribution >= 4 is 5.78 Å². The predicted molar refractivity (Wildman–Crippen MR) is 62.1 cm³/mol. The van der Waals surface area contributed by atoms with Crippen molar-refractivity contribution in [3.63, 3.8) is 0 Å². The molecule has 2 rings (SSSR count). The van der Waals surface area contributed by atoms with E-state index < -0.39 is 11.7 Å². The number of alkyl halides is 3. The molecule has 0 amide bonds. The highest BCUT2D eigenvalue weighted by Gasteiger charge is 2.30. The second-order valence-corrected chi connectivity index (χ2v) is 4.88. The van der Waals surface area contributed by atoms with Crippen LogP contribution >= 0.6 is 0 Å². The van der Waals surface area contributed by atoms with Gasteiger partial charge in [-0.2, -0.15) is 13.2 Å². The molecule has 98 valence electrons. The van der Waals surface area contributed by atoms with Gasteiger partial charge in [-0.05, 0) is 36.8 Å². The van der Waals surface area contributed by atoms with Crippen LogP contribution in [0.15, 0.2) is 24.3 Å². The zero-order chi connectivity index (χ0) is 13.2. The predicted octanol–water partition coefficient (Wildman–Crippen LogP) is 4.01. The fraction of sp³-hybridized carbons (Fsp3) is 0.500. The van der Waals surface area contributed by atoms with Gasteiger partial charge in [0.1, 0.15) is 5.78 Å². The molecule has 0 aliphatic heterocycles. The van der Waals surface area contributed by atoms with Crippen molar-refractivity contribution in [1.82, 2.24) is 0 Å². The number of ketones is 1. The van der Waals surface area contributed by atoms with E-state index in [0.29, 0.717) is 30.7 Å². The zero-order valence-corrected chi connectivity index (χ0v) is 9.96. The molecule has 0 aromatic heterocycles. The minimum Gasteiger partial charge on any atom is -0.300 e. The molecule has 0 radical (unpaired) electrons. The maximum atomic E-state index is 12.6. The summed E-state index contributed by atoms with van der Waals surface area (Å²) in [5.41, 5.74) is 0.121. The van der Waals surface area contributed by atoms with Gasteiger partial charge in [-0.3, -0.25) is 4.79 Å². The summed E-state index contributed by atoms with van der Waals surface area (Å²) in [5.74, 6) is 0.612. The van der Waals surface area contributed by atoms with Crippen molar-refractivity contribution in [3.05, 3.63) is 35.4 Å². The Balaban J connectivity index is 2.03. The van der Waals surface area contributed by atoms with Crippen LogP contribution in [0.3, 0.4) is 0 Å². The van der Waals surface area contributed by atoms with Gasteiger partial charge in [0.25, 0.3) is 0 Å². The van der Waals surface area contributed by atoms with Gasteiger partial charge in [0.05, 0.1) is 5.56 Å². The Morgan fingerprint density at radius 1 is 1.17 bits per heavy atom. The van der Waals surface area contributed by atoms with E-state index in [1.54, 1.807) is 6.07 Å². The number of benzene rings is 1. The molecule has 0 bridgehead atoms. The van der Waals surface area contributed by atoms with Gasteiger partial charge >= 0.3 is 6.18 Å². The molecule has 0 unspecified atom stereocenters. The lowest BCUT2D eigenvalue weighted by Gasteiger charge is -2.21. The molecule has 0 atom stereocenters. The molecule has 1 nitrogen and oxygen atoms in total. The first-order chi connectivity index (χ1) is 8.45. The number of carbonyl (C=O) groups is 1. The Morgan fingerprint density at radius 3 is 2.44 bits per heavy atom. The third-order valence-corrected chi connectivity index (χ3v) is 3.44. The fourth-order valence-corrected chi connectivity index (χ4v) is 2.41. The van der Waals surface area contributed by atoms with E-state index in [2.05, 4.69) is 0 Å². The second kappa shape index (κ2) is 5.12. The van der Waals surface area contributed by atoms with Crippen LogP contribution in [0, 0.1) is 5.92 Å². The summed E-state index contributed by atoms with van der Waals surface area (Å²) in [6.45, 7) is 0. The lowest BCUT2D eigenvalue weighted by molar-refractivity contribution is -0.137. The number of hydrogen-bond donors (Lipinski definition) is 0. The normalized spacial score (nSPS) is 18.1. The summed E-state index contributed by atoms with van der Waals surface area (Å²) < 4.78 is 37.7. The van der Waals surface area contributed by atoms with Gasteiger partial charge in [0, 0.05) is 12.8 Å². The van der Waals surface area contributed by atoms with Crippen molar-refractivity contribution < 1.29 is 18.0 Å². The topological polar surface area (TPSA) is 17.1 Å². The van der Waals surface area contributed by atoms with Crippen LogP contribution in [0.4, 0.5) is 13.2 Å². The SMILES string of the molecule is O=C1CCC(Cc2cccc(C(F)(F)F)c2)CC1. The molecular weight excluding hydrogens is 241 g/mol. The van der Waals surface area contributed by atoms with Crippen LogP contribution in [0.2, 0.25) is 0 Å². The molecule has 1 saturated carbocycles. The molecule has 1 aromatic rings. The fourth-order valence-electron chi connectivity index (χ4n) is 2.41. The molecule has 0 heterocycles. The van der Waals surface area contributed by atoms with Gasteiger partial charge in [0.2, 0.25) is 0 Å². The quantitative estimate of drug-likeness (QED) is 0.781. The van der Waals surface area contributed by atoms with E-state index in [1.165, 1.54) is 12.1 Å². The Morgan fingerprint density at radius 2 is 1.83 bits per heavy atom. The van der Waals surface area contributed by atoms with E-state index in [1.807, 2.05) is 0 Å². The summed E-state index contributed by atoms with van der Waals surface area (Å²) in [6.07, 6.45) is -0.896. The first-order valence-electron chi connectivity index (χ1n) is 6.13. The standard InChI is InChI=1S/C14H15F3O/c15-14(16,17)12-3-1-2-11(9-12)8-10-4-6-13(18)7-5-10/h1-3,9-10H,4-8H2. The number of Topliss-reactive ketones (excluding diaryl/α,β-unsaturated/α-hetero) is 1. The summed E-state index contributed by atoms with van der Waals surface area (Å²) in [4.78, 5) is 11.1. The smallest absolute Gasteiger partial charge is 0.300 e. The van der Waals surface area contributed by atoms with Crippen molar-refractivity contribution in [2.45, 2.75) is 38.3 Å². The third-order valence-electron chi connectivity index (χ3n) is 3.44. The van der Waals surface area contributed by atoms with Gasteiger partial charge < -0.3 is 0 Å². The molecule has 1 aliphatic carbocycles. The maximum Gasteiger partial charge on any atom is 0.416 e. The maximum absolute atomic E-state index is 12.6. The molecular formula is C14H15F3O. The van der Waals surface area contributed by atoms with Gasteiger partial charge in [-0.25, -0.2) is 0 Å². The minimum atomic E-state index is -4.28. The Bertz CT molecular complexity index is 427. The van der Waals surface area contributed by atoms with Crippen LogP contribution < -0.4 is 0 Å². The van der Waals surface area contributed by atoms with Crippen molar-refractivity contribution in [2.75, 3.05) is 0 Å². The van der Waals surface area contributed by atoms with Crippen LogP contribution in [0.5, 0.6) is 0 Å². The van der Waals surface area contributed by atoms with Crippen LogP contribution in [-0.2, 0) is 17.4 Å². The van der Waals surface area contributed by atoms with Crippen molar-refractivity contribution in [2.24, 2.45) is 5.92 Å². The first kappa shape index (κ1) is 13.1. The number of carbonyl (C=O) groups excluding carboxylic acids is 1. The first-order valence-corrected chi connectivity index (χ1v) is 6.13. The summed E-state index contributed by atoms with van der Waals surface area (Å²) in [7, 11) is 0. The number of halogens is 3. The Hall–Kier alpha value is -1.32. The van der Waals surface area contributed by atoms with Gasteiger partial charge in [0.15, 0.2) is 0 Å². The van der Waals surface area contributed by atoms with E-state index in [0.717, 1.165) is 18.9 Å². The third kappa shape index (κ3) is 3.34. The Kier molecular flexibility index (Phi) is 3.73. The van der Waals surface area contributed by atoms with Gasteiger partial charge in [-0.1, -0.05) is 18.2 Å². The largest absolute Gasteiger partial charge is 0.416 e. The van der Waals surface area contributed by atoms with E-state index in [4.69, 9.17) is 0 Å². The van der Waals surface area contributed by atoms with Crippen LogP contribution in [0.25, 0.3) is 0 Å². The van der Waals surface area contributed by atoms with Crippen LogP contribution in [0.1, 0.15) is 36.8 Å². The summed E-state index contributed by atoms with van der Waals surface area (Å²) in [5, 5.41) is 0. The molecule has 1 fully saturated rings. The van der Waals surface area contributed by atoms with E-state index in [-0.39, 0.29) is 5.78 Å². The number of hydrogen-bond acceptors (Lipinski definition) is 1. The zero-order valence-electron chi connectivity index (χ0n) is 9.96. The lowest BCUT2D eigenvalue weighted by atomic mass is 9.84. The molecule has 4 heteroatoms.